The van der Waals surface area contributed by atoms with Crippen molar-refractivity contribution in [2.24, 2.45) is 0 Å². The number of fused-ring (bicyclic) bond motifs is 1. The summed E-state index contributed by atoms with van der Waals surface area (Å²) >= 11 is 0.954. The van der Waals surface area contributed by atoms with E-state index < -0.39 is 29.2 Å². The molecule has 0 radical (unpaired) electrons. The molecule has 1 aromatic heterocycles. The van der Waals surface area contributed by atoms with Gasteiger partial charge in [0, 0.05) is 37.8 Å². The molecule has 1 amide bonds. The Hall–Kier alpha value is -2.27. The molecule has 11 heteroatoms. The summed E-state index contributed by atoms with van der Waals surface area (Å²) in [5.41, 5.74) is -0.118. The van der Waals surface area contributed by atoms with Gasteiger partial charge in [0.05, 0.1) is 17.9 Å². The van der Waals surface area contributed by atoms with E-state index in [1.54, 1.807) is 0 Å². The average molecular weight is 476 g/mol. The summed E-state index contributed by atoms with van der Waals surface area (Å²) in [4.78, 5) is 20.6. The second-order valence-electron chi connectivity index (χ2n) is 6.77. The van der Waals surface area contributed by atoms with E-state index in [4.69, 9.17) is 4.74 Å². The standard InChI is InChI=1S/C20H17F4N3O2S.ClH/c21-13-10-16(24)18-17(11-13)30-20(25-18)27(4-3-26-5-7-29-8-6-26)19(28)12-1-2-14(22)15(23)9-12;/h1-2,9-11H,3-8H2;1H. The van der Waals surface area contributed by atoms with Gasteiger partial charge in [-0.3, -0.25) is 14.6 Å². The van der Waals surface area contributed by atoms with E-state index in [1.807, 2.05) is 0 Å². The summed E-state index contributed by atoms with van der Waals surface area (Å²) in [5, 5.41) is 0.150. The Balaban J connectivity index is 0.00000272. The molecule has 0 atom stereocenters. The lowest BCUT2D eigenvalue weighted by Gasteiger charge is -2.29. The lowest BCUT2D eigenvalue weighted by Crippen LogP contribution is -2.43. The smallest absolute Gasteiger partial charge is 0.260 e. The quantitative estimate of drug-likeness (QED) is 0.517. The second-order valence-corrected chi connectivity index (χ2v) is 7.78. The molecule has 0 aliphatic carbocycles. The van der Waals surface area contributed by atoms with Crippen LogP contribution in [0.5, 0.6) is 0 Å². The van der Waals surface area contributed by atoms with Crippen LogP contribution in [0.15, 0.2) is 30.3 Å². The summed E-state index contributed by atoms with van der Waals surface area (Å²) in [6.45, 7) is 3.18. The number of ether oxygens (including phenoxy) is 1. The van der Waals surface area contributed by atoms with Gasteiger partial charge in [0.2, 0.25) is 0 Å². The van der Waals surface area contributed by atoms with Gasteiger partial charge < -0.3 is 4.74 Å². The number of carbonyl (C=O) groups excluding carboxylic acids is 1. The third-order valence-corrected chi connectivity index (χ3v) is 5.81. The van der Waals surface area contributed by atoms with E-state index in [2.05, 4.69) is 9.88 Å². The minimum absolute atomic E-state index is 0. The molecule has 0 spiro atoms. The molecule has 0 saturated carbocycles. The Kier molecular flexibility index (Phi) is 7.47. The molecule has 5 nitrogen and oxygen atoms in total. The molecule has 2 aromatic carbocycles. The second kappa shape index (κ2) is 9.90. The molecule has 0 N–H and O–H groups in total. The van der Waals surface area contributed by atoms with Crippen LogP contribution < -0.4 is 4.90 Å². The van der Waals surface area contributed by atoms with Gasteiger partial charge in [0.25, 0.3) is 5.91 Å². The molecule has 31 heavy (non-hydrogen) atoms. The maximum atomic E-state index is 14.1. The number of halogens is 5. The summed E-state index contributed by atoms with van der Waals surface area (Å²) in [7, 11) is 0. The Morgan fingerprint density at radius 1 is 1.06 bits per heavy atom. The van der Waals surface area contributed by atoms with Crippen LogP contribution in [-0.2, 0) is 4.74 Å². The van der Waals surface area contributed by atoms with Gasteiger partial charge in [0.1, 0.15) is 11.3 Å². The maximum Gasteiger partial charge on any atom is 0.260 e. The lowest BCUT2D eigenvalue weighted by atomic mass is 10.2. The molecule has 3 aromatic rings. The number of benzene rings is 2. The SMILES string of the molecule is Cl.O=C(c1ccc(F)c(F)c1)N(CCN1CCOCC1)c1nc2c(F)cc(F)cc2s1. The molecule has 166 valence electrons. The molecule has 2 heterocycles. The van der Waals surface area contributed by atoms with Gasteiger partial charge in [0.15, 0.2) is 22.6 Å². The van der Waals surface area contributed by atoms with Gasteiger partial charge in [-0.2, -0.15) is 0 Å². The van der Waals surface area contributed by atoms with Crippen LogP contribution in [0, 0.1) is 23.3 Å². The largest absolute Gasteiger partial charge is 0.379 e. The van der Waals surface area contributed by atoms with Gasteiger partial charge in [-0.15, -0.1) is 12.4 Å². The van der Waals surface area contributed by atoms with Crippen molar-refractivity contribution in [3.63, 3.8) is 0 Å². The normalized spacial score (nSPS) is 14.5. The van der Waals surface area contributed by atoms with Crippen molar-refractivity contribution in [1.82, 2.24) is 9.88 Å². The van der Waals surface area contributed by atoms with Gasteiger partial charge in [-0.25, -0.2) is 22.5 Å². The molecule has 0 bridgehead atoms. The van der Waals surface area contributed by atoms with Crippen molar-refractivity contribution in [2.75, 3.05) is 44.3 Å². The van der Waals surface area contributed by atoms with E-state index >= 15 is 0 Å². The highest BCUT2D eigenvalue weighted by molar-refractivity contribution is 7.22. The molecule has 1 saturated heterocycles. The molecular weight excluding hydrogens is 458 g/mol. The number of thiazole rings is 1. The van der Waals surface area contributed by atoms with Crippen molar-refractivity contribution >= 4 is 45.0 Å². The number of hydrogen-bond acceptors (Lipinski definition) is 5. The minimum atomic E-state index is -1.15. The number of aromatic nitrogens is 1. The topological polar surface area (TPSA) is 45.7 Å². The Morgan fingerprint density at radius 3 is 2.52 bits per heavy atom. The van der Waals surface area contributed by atoms with Crippen molar-refractivity contribution in [1.29, 1.82) is 0 Å². The first-order valence-corrected chi connectivity index (χ1v) is 10.1. The molecule has 1 fully saturated rings. The lowest BCUT2D eigenvalue weighted by molar-refractivity contribution is 0.0391. The first-order chi connectivity index (χ1) is 14.4. The fourth-order valence-corrected chi connectivity index (χ4v) is 4.23. The Morgan fingerprint density at radius 2 is 1.81 bits per heavy atom. The zero-order valence-corrected chi connectivity index (χ0v) is 17.7. The number of anilines is 1. The predicted molar refractivity (Wildman–Crippen MR) is 112 cm³/mol. The van der Waals surface area contributed by atoms with E-state index in [-0.39, 0.29) is 39.9 Å². The van der Waals surface area contributed by atoms with Crippen LogP contribution >= 0.6 is 23.7 Å². The molecular formula is C20H18ClF4N3O2S. The summed E-state index contributed by atoms with van der Waals surface area (Å²) in [6.07, 6.45) is 0. The highest BCUT2D eigenvalue weighted by Crippen LogP contribution is 2.32. The average Bonchev–Trinajstić information content (AvgIpc) is 3.15. The number of rotatable bonds is 5. The highest BCUT2D eigenvalue weighted by Gasteiger charge is 2.24. The van der Waals surface area contributed by atoms with E-state index in [0.717, 1.165) is 35.6 Å². The summed E-state index contributed by atoms with van der Waals surface area (Å²) in [5.74, 6) is -4.40. The predicted octanol–water partition coefficient (Wildman–Crippen LogP) is 4.25. The van der Waals surface area contributed by atoms with Crippen molar-refractivity contribution in [3.05, 3.63) is 59.2 Å². The fraction of sp³-hybridized carbons (Fsp3) is 0.300. The van der Waals surface area contributed by atoms with Crippen LogP contribution in [0.1, 0.15) is 10.4 Å². The fourth-order valence-electron chi connectivity index (χ4n) is 3.20. The summed E-state index contributed by atoms with van der Waals surface area (Å²) in [6, 6.07) is 4.72. The Labute approximate surface area is 185 Å². The van der Waals surface area contributed by atoms with E-state index in [1.165, 1.54) is 11.0 Å². The number of amides is 1. The van der Waals surface area contributed by atoms with Gasteiger partial charge in [-0.05, 0) is 24.3 Å². The maximum absolute atomic E-state index is 14.1. The molecule has 4 rings (SSSR count). The van der Waals surface area contributed by atoms with Crippen LogP contribution in [0.2, 0.25) is 0 Å². The highest BCUT2D eigenvalue weighted by atomic mass is 35.5. The van der Waals surface area contributed by atoms with Crippen LogP contribution in [0.4, 0.5) is 22.7 Å². The molecule has 1 aliphatic heterocycles. The third kappa shape index (κ3) is 5.15. The zero-order chi connectivity index (χ0) is 21.3. The van der Waals surface area contributed by atoms with Crippen molar-refractivity contribution in [3.8, 4) is 0 Å². The van der Waals surface area contributed by atoms with Crippen molar-refractivity contribution < 1.29 is 27.1 Å². The molecule has 0 unspecified atom stereocenters. The first kappa shape index (κ1) is 23.4. The van der Waals surface area contributed by atoms with Crippen molar-refractivity contribution in [2.45, 2.75) is 0 Å². The van der Waals surface area contributed by atoms with Crippen LogP contribution in [-0.4, -0.2) is 55.2 Å². The van der Waals surface area contributed by atoms with E-state index in [9.17, 15) is 22.4 Å². The third-order valence-electron chi connectivity index (χ3n) is 4.79. The number of carbonyl (C=O) groups is 1. The zero-order valence-electron chi connectivity index (χ0n) is 16.1. The number of hydrogen-bond donors (Lipinski definition) is 0. The van der Waals surface area contributed by atoms with Gasteiger partial charge in [-0.1, -0.05) is 11.3 Å². The Bertz CT molecular complexity index is 1090. The van der Waals surface area contributed by atoms with Crippen LogP contribution in [0.25, 0.3) is 10.2 Å². The monoisotopic (exact) mass is 475 g/mol. The van der Waals surface area contributed by atoms with Gasteiger partial charge >= 0.3 is 0 Å². The first-order valence-electron chi connectivity index (χ1n) is 9.25. The number of nitrogens with zero attached hydrogens (tertiary/aromatic N) is 3. The number of morpholine rings is 1. The van der Waals surface area contributed by atoms with Crippen LogP contribution in [0.3, 0.4) is 0 Å². The molecule has 1 aliphatic rings. The minimum Gasteiger partial charge on any atom is -0.379 e. The summed E-state index contributed by atoms with van der Waals surface area (Å²) < 4.78 is 60.2. The van der Waals surface area contributed by atoms with E-state index in [0.29, 0.717) is 32.8 Å².